The van der Waals surface area contributed by atoms with Crippen LogP contribution in [-0.2, 0) is 13.0 Å². The van der Waals surface area contributed by atoms with Gasteiger partial charge in [-0.15, -0.1) is 35.3 Å². The van der Waals surface area contributed by atoms with Crippen molar-refractivity contribution >= 4 is 51.5 Å². The Bertz CT molecular complexity index is 768. The summed E-state index contributed by atoms with van der Waals surface area (Å²) in [7, 11) is 1.80. The molecule has 0 aliphatic heterocycles. The summed E-state index contributed by atoms with van der Waals surface area (Å²) in [4.78, 5) is 8.93. The molecule has 0 radical (unpaired) electrons. The van der Waals surface area contributed by atoms with Crippen LogP contribution in [0, 0.1) is 0 Å². The van der Waals surface area contributed by atoms with Crippen LogP contribution >= 0.6 is 35.3 Å². The molecule has 0 bridgehead atoms. The molecule has 0 spiro atoms. The van der Waals surface area contributed by atoms with E-state index in [9.17, 15) is 0 Å². The van der Waals surface area contributed by atoms with Gasteiger partial charge in [-0.3, -0.25) is 4.99 Å². The first-order valence-electron chi connectivity index (χ1n) is 8.18. The molecule has 3 rings (SSSR count). The van der Waals surface area contributed by atoms with Crippen molar-refractivity contribution in [1.29, 1.82) is 0 Å². The predicted molar refractivity (Wildman–Crippen MR) is 118 cm³/mol. The molecule has 0 saturated heterocycles. The van der Waals surface area contributed by atoms with E-state index in [4.69, 9.17) is 0 Å². The first kappa shape index (κ1) is 19.7. The van der Waals surface area contributed by atoms with E-state index in [1.165, 1.54) is 15.3 Å². The second-order valence-corrected chi connectivity index (χ2v) is 6.63. The molecule has 132 valence electrons. The molecule has 0 aliphatic rings. The lowest BCUT2D eigenvalue weighted by atomic mass is 10.2. The van der Waals surface area contributed by atoms with Gasteiger partial charge < -0.3 is 10.6 Å². The molecule has 0 aliphatic carbocycles. The minimum absolute atomic E-state index is 0. The van der Waals surface area contributed by atoms with Crippen LogP contribution in [0.2, 0.25) is 0 Å². The number of fused-ring (bicyclic) bond motifs is 1. The van der Waals surface area contributed by atoms with Crippen LogP contribution in [0.4, 0.5) is 0 Å². The Morgan fingerprint density at radius 3 is 2.56 bits per heavy atom. The fraction of sp³-hybridized carbons (Fsp3) is 0.263. The third-order valence-electron chi connectivity index (χ3n) is 3.72. The van der Waals surface area contributed by atoms with Gasteiger partial charge in [0.15, 0.2) is 5.96 Å². The molecular weight excluding hydrogens is 443 g/mol. The summed E-state index contributed by atoms with van der Waals surface area (Å²) in [5.74, 6) is 0.836. The SMILES string of the molecule is CN=C(NCCCc1nc2ccccc2s1)NCc1ccccc1.I. The van der Waals surface area contributed by atoms with Gasteiger partial charge >= 0.3 is 0 Å². The molecule has 0 fully saturated rings. The van der Waals surface area contributed by atoms with Crippen molar-refractivity contribution < 1.29 is 0 Å². The zero-order valence-corrected chi connectivity index (χ0v) is 17.4. The number of para-hydroxylation sites is 1. The van der Waals surface area contributed by atoms with Crippen molar-refractivity contribution in [3.8, 4) is 0 Å². The fourth-order valence-electron chi connectivity index (χ4n) is 2.48. The van der Waals surface area contributed by atoms with E-state index in [0.717, 1.165) is 37.4 Å². The van der Waals surface area contributed by atoms with E-state index in [-0.39, 0.29) is 24.0 Å². The zero-order chi connectivity index (χ0) is 16.6. The van der Waals surface area contributed by atoms with Gasteiger partial charge in [0.1, 0.15) is 0 Å². The lowest BCUT2D eigenvalue weighted by Crippen LogP contribution is -2.37. The average molecular weight is 466 g/mol. The number of guanidine groups is 1. The first-order valence-corrected chi connectivity index (χ1v) is 9.00. The van der Waals surface area contributed by atoms with Crippen molar-refractivity contribution in [3.63, 3.8) is 0 Å². The van der Waals surface area contributed by atoms with Crippen LogP contribution in [0.25, 0.3) is 10.2 Å². The largest absolute Gasteiger partial charge is 0.356 e. The molecular formula is C19H23IN4S. The number of aryl methyl sites for hydroxylation is 1. The third-order valence-corrected chi connectivity index (χ3v) is 4.82. The second-order valence-electron chi connectivity index (χ2n) is 5.52. The maximum Gasteiger partial charge on any atom is 0.191 e. The molecule has 25 heavy (non-hydrogen) atoms. The lowest BCUT2D eigenvalue weighted by Gasteiger charge is -2.11. The van der Waals surface area contributed by atoms with Gasteiger partial charge in [0.05, 0.1) is 15.2 Å². The number of rotatable bonds is 6. The van der Waals surface area contributed by atoms with E-state index in [1.807, 2.05) is 24.3 Å². The summed E-state index contributed by atoms with van der Waals surface area (Å²) >= 11 is 1.78. The van der Waals surface area contributed by atoms with E-state index >= 15 is 0 Å². The van der Waals surface area contributed by atoms with E-state index in [1.54, 1.807) is 18.4 Å². The molecule has 0 saturated carbocycles. The highest BCUT2D eigenvalue weighted by atomic mass is 127. The van der Waals surface area contributed by atoms with Gasteiger partial charge in [0.25, 0.3) is 0 Å². The number of aliphatic imine (C=N–C) groups is 1. The monoisotopic (exact) mass is 466 g/mol. The van der Waals surface area contributed by atoms with E-state index in [0.29, 0.717) is 0 Å². The third kappa shape index (κ3) is 5.97. The van der Waals surface area contributed by atoms with Gasteiger partial charge in [-0.05, 0) is 24.1 Å². The standard InChI is InChI=1S/C19H22N4S.HI/c1-20-19(22-14-15-8-3-2-4-9-15)21-13-7-12-18-23-16-10-5-6-11-17(16)24-18;/h2-6,8-11H,7,12-14H2,1H3,(H2,20,21,22);1H. The second kappa shape index (κ2) is 10.4. The molecule has 4 nitrogen and oxygen atoms in total. The van der Waals surface area contributed by atoms with Crippen LogP contribution in [0.5, 0.6) is 0 Å². The summed E-state index contributed by atoms with van der Waals surface area (Å²) in [6.45, 7) is 1.66. The Morgan fingerprint density at radius 2 is 1.80 bits per heavy atom. The number of thiazole rings is 1. The molecule has 2 aromatic carbocycles. The van der Waals surface area contributed by atoms with E-state index in [2.05, 4.69) is 50.9 Å². The van der Waals surface area contributed by atoms with Gasteiger partial charge in [-0.25, -0.2) is 4.98 Å². The van der Waals surface area contributed by atoms with Crippen molar-refractivity contribution in [2.75, 3.05) is 13.6 Å². The van der Waals surface area contributed by atoms with Crippen LogP contribution in [0.1, 0.15) is 17.0 Å². The molecule has 0 unspecified atom stereocenters. The maximum absolute atomic E-state index is 4.67. The summed E-state index contributed by atoms with van der Waals surface area (Å²) in [5.41, 5.74) is 2.35. The highest BCUT2D eigenvalue weighted by Crippen LogP contribution is 2.22. The maximum atomic E-state index is 4.67. The Hall–Kier alpha value is -1.67. The Kier molecular flexibility index (Phi) is 8.14. The van der Waals surface area contributed by atoms with Crippen LogP contribution in [-0.4, -0.2) is 24.5 Å². The Labute approximate surface area is 169 Å². The van der Waals surface area contributed by atoms with Crippen LogP contribution in [0.15, 0.2) is 59.6 Å². The summed E-state index contributed by atoms with van der Waals surface area (Å²) < 4.78 is 1.26. The normalized spacial score (nSPS) is 11.2. The molecule has 2 N–H and O–H groups in total. The molecule has 6 heteroatoms. The quantitative estimate of drug-likeness (QED) is 0.248. The van der Waals surface area contributed by atoms with Crippen molar-refractivity contribution in [2.24, 2.45) is 4.99 Å². The molecule has 3 aromatic rings. The number of nitrogens with zero attached hydrogens (tertiary/aromatic N) is 2. The topological polar surface area (TPSA) is 49.3 Å². The zero-order valence-electron chi connectivity index (χ0n) is 14.2. The first-order chi connectivity index (χ1) is 11.8. The summed E-state index contributed by atoms with van der Waals surface area (Å²) in [5, 5.41) is 7.89. The van der Waals surface area contributed by atoms with Crippen molar-refractivity contribution in [2.45, 2.75) is 19.4 Å². The highest BCUT2D eigenvalue weighted by Gasteiger charge is 2.03. The number of benzene rings is 2. The minimum Gasteiger partial charge on any atom is -0.356 e. The van der Waals surface area contributed by atoms with Gasteiger partial charge in [-0.2, -0.15) is 0 Å². The Morgan fingerprint density at radius 1 is 1.04 bits per heavy atom. The number of hydrogen-bond acceptors (Lipinski definition) is 3. The Balaban J connectivity index is 0.00000225. The predicted octanol–water partition coefficient (Wildman–Crippen LogP) is 4.21. The number of halogens is 1. The molecule has 1 aromatic heterocycles. The van der Waals surface area contributed by atoms with E-state index < -0.39 is 0 Å². The van der Waals surface area contributed by atoms with Crippen LogP contribution in [0.3, 0.4) is 0 Å². The summed E-state index contributed by atoms with van der Waals surface area (Å²) in [6.07, 6.45) is 2.02. The summed E-state index contributed by atoms with van der Waals surface area (Å²) in [6, 6.07) is 18.6. The minimum atomic E-state index is 0. The lowest BCUT2D eigenvalue weighted by molar-refractivity contribution is 0.740. The highest BCUT2D eigenvalue weighted by molar-refractivity contribution is 14.0. The average Bonchev–Trinajstić information content (AvgIpc) is 3.05. The smallest absolute Gasteiger partial charge is 0.191 e. The van der Waals surface area contributed by atoms with Gasteiger partial charge in [0.2, 0.25) is 0 Å². The number of nitrogens with one attached hydrogen (secondary N) is 2. The van der Waals surface area contributed by atoms with Crippen LogP contribution < -0.4 is 10.6 Å². The van der Waals surface area contributed by atoms with Gasteiger partial charge in [-0.1, -0.05) is 42.5 Å². The van der Waals surface area contributed by atoms with Crippen molar-refractivity contribution in [1.82, 2.24) is 15.6 Å². The molecule has 1 heterocycles. The molecule has 0 amide bonds. The number of aromatic nitrogens is 1. The van der Waals surface area contributed by atoms with Crippen molar-refractivity contribution in [3.05, 3.63) is 65.2 Å². The number of hydrogen-bond donors (Lipinski definition) is 2. The van der Waals surface area contributed by atoms with Gasteiger partial charge in [0, 0.05) is 26.6 Å². The molecule has 0 atom stereocenters. The fourth-order valence-corrected chi connectivity index (χ4v) is 3.48.